The molecule has 2 bridgehead atoms. The molecule has 2 aromatic heterocycles. The number of nitrogens with zero attached hydrogens (tertiary/aromatic N) is 3. The molecule has 1 amide bonds. The van der Waals surface area contributed by atoms with Crippen LogP contribution in [0.2, 0.25) is 0 Å². The largest absolute Gasteiger partial charge is 0.352 e. The van der Waals surface area contributed by atoms with Gasteiger partial charge in [0.05, 0.1) is 0 Å². The molecule has 4 heterocycles. The van der Waals surface area contributed by atoms with E-state index in [9.17, 15) is 9.59 Å². The normalized spacial score (nSPS) is 20.6. The van der Waals surface area contributed by atoms with Gasteiger partial charge in [-0.25, -0.2) is 0 Å². The monoisotopic (exact) mass is 409 g/mol. The quantitative estimate of drug-likeness (QED) is 0.642. The van der Waals surface area contributed by atoms with E-state index >= 15 is 0 Å². The number of piperidine rings is 1. The van der Waals surface area contributed by atoms with Gasteiger partial charge in [0.1, 0.15) is 5.56 Å². The van der Waals surface area contributed by atoms with E-state index < -0.39 is 0 Å². The van der Waals surface area contributed by atoms with Gasteiger partial charge in [0.15, 0.2) is 0 Å². The SMILES string of the molecule is CNCCN1C[C@@H]2C[C@H](C1)c1ccc(C(=O)NCCCc3cccnc3)c(=O)n1C2. The topological polar surface area (TPSA) is 79.3 Å². The molecular formula is C23H31N5O2. The van der Waals surface area contributed by atoms with Crippen molar-refractivity contribution in [3.05, 3.63) is 63.8 Å². The van der Waals surface area contributed by atoms with Crippen molar-refractivity contribution in [2.75, 3.05) is 39.8 Å². The van der Waals surface area contributed by atoms with Crippen LogP contribution in [0.25, 0.3) is 0 Å². The number of rotatable bonds is 8. The number of hydrogen-bond donors (Lipinski definition) is 2. The van der Waals surface area contributed by atoms with Gasteiger partial charge in [-0.1, -0.05) is 6.07 Å². The summed E-state index contributed by atoms with van der Waals surface area (Å²) in [6.45, 7) is 5.27. The molecule has 160 valence electrons. The zero-order chi connectivity index (χ0) is 20.9. The van der Waals surface area contributed by atoms with E-state index in [2.05, 4.69) is 20.5 Å². The molecule has 2 aliphatic heterocycles. The Morgan fingerprint density at radius 1 is 1.20 bits per heavy atom. The highest BCUT2D eigenvalue weighted by Gasteiger charge is 2.35. The Morgan fingerprint density at radius 3 is 2.90 bits per heavy atom. The molecule has 2 aromatic rings. The molecule has 2 atom stereocenters. The Kier molecular flexibility index (Phi) is 6.59. The number of fused-ring (bicyclic) bond motifs is 4. The maximum Gasteiger partial charge on any atom is 0.263 e. The summed E-state index contributed by atoms with van der Waals surface area (Å²) in [6, 6.07) is 7.66. The minimum Gasteiger partial charge on any atom is -0.352 e. The highest BCUT2D eigenvalue weighted by molar-refractivity contribution is 5.93. The van der Waals surface area contributed by atoms with Gasteiger partial charge in [-0.2, -0.15) is 0 Å². The van der Waals surface area contributed by atoms with Crippen molar-refractivity contribution >= 4 is 5.91 Å². The summed E-state index contributed by atoms with van der Waals surface area (Å²) < 4.78 is 1.86. The van der Waals surface area contributed by atoms with Crippen LogP contribution in [0.3, 0.4) is 0 Å². The van der Waals surface area contributed by atoms with Gasteiger partial charge in [-0.15, -0.1) is 0 Å². The number of likely N-dealkylation sites (N-methyl/N-ethyl adjacent to an activating group) is 1. The molecule has 0 spiro atoms. The van der Waals surface area contributed by atoms with Crippen molar-refractivity contribution in [1.29, 1.82) is 0 Å². The van der Waals surface area contributed by atoms with E-state index in [1.54, 1.807) is 12.3 Å². The third-order valence-electron chi connectivity index (χ3n) is 6.25. The third kappa shape index (κ3) is 4.63. The number of nitrogens with one attached hydrogen (secondary N) is 2. The zero-order valence-electron chi connectivity index (χ0n) is 17.6. The van der Waals surface area contributed by atoms with Crippen LogP contribution < -0.4 is 16.2 Å². The van der Waals surface area contributed by atoms with Gasteiger partial charge >= 0.3 is 0 Å². The van der Waals surface area contributed by atoms with Crippen molar-refractivity contribution in [2.24, 2.45) is 5.92 Å². The summed E-state index contributed by atoms with van der Waals surface area (Å²) in [5.41, 5.74) is 2.34. The van der Waals surface area contributed by atoms with Gasteiger partial charge in [0.2, 0.25) is 0 Å². The minimum absolute atomic E-state index is 0.143. The number of carbonyl (C=O) groups is 1. The number of aryl methyl sites for hydroxylation is 1. The number of likely N-dealkylation sites (tertiary alicyclic amines) is 1. The second kappa shape index (κ2) is 9.53. The molecule has 7 nitrogen and oxygen atoms in total. The molecule has 0 radical (unpaired) electrons. The van der Waals surface area contributed by atoms with Crippen molar-refractivity contribution in [3.63, 3.8) is 0 Å². The van der Waals surface area contributed by atoms with Crippen LogP contribution in [0.15, 0.2) is 41.5 Å². The molecule has 1 saturated heterocycles. The van der Waals surface area contributed by atoms with Gasteiger partial charge in [-0.05, 0) is 56.0 Å². The smallest absolute Gasteiger partial charge is 0.263 e. The van der Waals surface area contributed by atoms with Gasteiger partial charge in [0, 0.05) is 63.3 Å². The van der Waals surface area contributed by atoms with Crippen LogP contribution in [0.1, 0.15) is 40.4 Å². The molecule has 1 fully saturated rings. The number of pyridine rings is 2. The van der Waals surface area contributed by atoms with Crippen LogP contribution >= 0.6 is 0 Å². The molecule has 4 rings (SSSR count). The van der Waals surface area contributed by atoms with Gasteiger partial charge in [0.25, 0.3) is 11.5 Å². The van der Waals surface area contributed by atoms with E-state index in [1.165, 1.54) is 0 Å². The molecule has 0 saturated carbocycles. The number of carbonyl (C=O) groups excluding carboxylic acids is 1. The first kappa shape index (κ1) is 20.8. The lowest BCUT2D eigenvalue weighted by Crippen LogP contribution is -2.49. The molecule has 0 aliphatic carbocycles. The highest BCUT2D eigenvalue weighted by Crippen LogP contribution is 2.34. The highest BCUT2D eigenvalue weighted by atomic mass is 16.2. The van der Waals surface area contributed by atoms with Crippen LogP contribution in [0.5, 0.6) is 0 Å². The molecule has 0 aromatic carbocycles. The third-order valence-corrected chi connectivity index (χ3v) is 6.25. The van der Waals surface area contributed by atoms with Crippen molar-refractivity contribution in [1.82, 2.24) is 25.1 Å². The van der Waals surface area contributed by atoms with E-state index in [-0.39, 0.29) is 17.0 Å². The lowest BCUT2D eigenvalue weighted by Gasteiger charge is -2.43. The Bertz CT molecular complexity index is 927. The van der Waals surface area contributed by atoms with Crippen molar-refractivity contribution in [3.8, 4) is 0 Å². The first-order valence-electron chi connectivity index (χ1n) is 10.9. The molecular weight excluding hydrogens is 378 g/mol. The average molecular weight is 410 g/mol. The predicted octanol–water partition coefficient (Wildman–Crippen LogP) is 1.24. The second-order valence-electron chi connectivity index (χ2n) is 8.47. The Hall–Kier alpha value is -2.51. The number of amides is 1. The lowest BCUT2D eigenvalue weighted by atomic mass is 9.83. The van der Waals surface area contributed by atoms with Crippen molar-refractivity contribution in [2.45, 2.75) is 31.7 Å². The fourth-order valence-corrected chi connectivity index (χ4v) is 4.81. The Balaban J connectivity index is 1.39. The number of hydrogen-bond acceptors (Lipinski definition) is 5. The maximum atomic E-state index is 13.1. The fraction of sp³-hybridized carbons (Fsp3) is 0.522. The van der Waals surface area contributed by atoms with Crippen molar-refractivity contribution < 1.29 is 4.79 Å². The summed E-state index contributed by atoms with van der Waals surface area (Å²) in [5, 5.41) is 6.12. The molecule has 30 heavy (non-hydrogen) atoms. The zero-order valence-corrected chi connectivity index (χ0v) is 17.6. The summed E-state index contributed by atoms with van der Waals surface area (Å²) in [6.07, 6.45) is 6.40. The van der Waals surface area contributed by atoms with E-state index in [4.69, 9.17) is 0 Å². The molecule has 2 N–H and O–H groups in total. The van der Waals surface area contributed by atoms with Crippen LogP contribution in [-0.4, -0.2) is 60.1 Å². The van der Waals surface area contributed by atoms with Gasteiger partial charge in [-0.3, -0.25) is 14.6 Å². The van der Waals surface area contributed by atoms with E-state index in [0.717, 1.165) is 56.7 Å². The number of aromatic nitrogens is 2. The molecule has 7 heteroatoms. The minimum atomic E-state index is -0.270. The van der Waals surface area contributed by atoms with Gasteiger partial charge < -0.3 is 20.1 Å². The maximum absolute atomic E-state index is 13.1. The Morgan fingerprint density at radius 2 is 2.10 bits per heavy atom. The summed E-state index contributed by atoms with van der Waals surface area (Å²) in [5.74, 6) is 0.579. The van der Waals surface area contributed by atoms with E-state index in [1.807, 2.05) is 36.0 Å². The Labute approximate surface area is 177 Å². The fourth-order valence-electron chi connectivity index (χ4n) is 4.81. The first-order valence-corrected chi connectivity index (χ1v) is 10.9. The van der Waals surface area contributed by atoms with Crippen LogP contribution in [0.4, 0.5) is 0 Å². The summed E-state index contributed by atoms with van der Waals surface area (Å²) in [4.78, 5) is 32.3. The predicted molar refractivity (Wildman–Crippen MR) is 117 cm³/mol. The summed E-state index contributed by atoms with van der Waals surface area (Å²) in [7, 11) is 1.98. The average Bonchev–Trinajstić information content (AvgIpc) is 2.76. The first-order chi connectivity index (χ1) is 14.7. The second-order valence-corrected chi connectivity index (χ2v) is 8.47. The summed E-state index contributed by atoms with van der Waals surface area (Å²) >= 11 is 0. The van der Waals surface area contributed by atoms with E-state index in [0.29, 0.717) is 24.9 Å². The van der Waals surface area contributed by atoms with Crippen LogP contribution in [-0.2, 0) is 13.0 Å². The lowest BCUT2D eigenvalue weighted by molar-refractivity contribution is 0.0947. The van der Waals surface area contributed by atoms with Crippen LogP contribution in [0, 0.1) is 5.92 Å². The molecule has 2 aliphatic rings. The standard InChI is InChI=1S/C23H31N5O2/c1-24-10-11-27-14-18-12-19(16-27)21-7-6-20(23(30)28(21)15-18)22(29)26-9-3-5-17-4-2-8-25-13-17/h2,4,6-8,13,18-19,24H,3,5,9-12,14-16H2,1H3,(H,26,29)/t18-,19+/m0/s1. The molecule has 0 unspecified atom stereocenters.